The molecule has 5 heteroatoms. The summed E-state index contributed by atoms with van der Waals surface area (Å²) in [7, 11) is 0. The molecule has 1 aromatic heterocycles. The number of benzene rings is 1. The maximum atomic E-state index is 6.06. The fourth-order valence-corrected chi connectivity index (χ4v) is 2.77. The molecule has 3 rings (SSSR count). The summed E-state index contributed by atoms with van der Waals surface area (Å²) in [4.78, 5) is 4.14. The Kier molecular flexibility index (Phi) is 5.58. The van der Waals surface area contributed by atoms with Gasteiger partial charge in [-0.3, -0.25) is 4.98 Å². The first-order valence-electron chi connectivity index (χ1n) is 7.72. The standard InChI is InChI=1S/C18H22N2O2.H3N/c1-12(2)7-14(19)11-21-15-3-4-17-16-5-6-20-9-13(16)10-22-18(17)8-15;/h3-6,8-9,12,14H,7,10-11,19H2,1-2H3;1H3/t14-;/m1./s1. The van der Waals surface area contributed by atoms with Gasteiger partial charge in [0.05, 0.1) is 0 Å². The number of pyridine rings is 1. The van der Waals surface area contributed by atoms with E-state index in [4.69, 9.17) is 15.2 Å². The summed E-state index contributed by atoms with van der Waals surface area (Å²) in [6.45, 7) is 5.40. The van der Waals surface area contributed by atoms with Gasteiger partial charge in [-0.2, -0.15) is 0 Å². The van der Waals surface area contributed by atoms with Crippen LogP contribution in [0.2, 0.25) is 0 Å². The molecule has 0 radical (unpaired) electrons. The molecule has 2 aromatic rings. The fraction of sp³-hybridized carbons (Fsp3) is 0.389. The molecule has 1 aliphatic rings. The van der Waals surface area contributed by atoms with Crippen molar-refractivity contribution in [2.45, 2.75) is 32.9 Å². The first kappa shape index (κ1) is 17.2. The molecule has 0 fully saturated rings. The second-order valence-corrected chi connectivity index (χ2v) is 6.18. The number of aromatic nitrogens is 1. The van der Waals surface area contributed by atoms with Crippen molar-refractivity contribution in [1.29, 1.82) is 0 Å². The van der Waals surface area contributed by atoms with Crippen LogP contribution in [0.5, 0.6) is 11.5 Å². The smallest absolute Gasteiger partial charge is 0.131 e. The molecule has 0 amide bonds. The van der Waals surface area contributed by atoms with Gasteiger partial charge in [0.2, 0.25) is 0 Å². The number of hydrogen-bond acceptors (Lipinski definition) is 5. The summed E-state index contributed by atoms with van der Waals surface area (Å²) in [6.07, 6.45) is 4.62. The van der Waals surface area contributed by atoms with Gasteiger partial charge in [0.25, 0.3) is 0 Å². The van der Waals surface area contributed by atoms with Gasteiger partial charge in [0.1, 0.15) is 24.7 Å². The van der Waals surface area contributed by atoms with Crippen molar-refractivity contribution < 1.29 is 9.47 Å². The highest BCUT2D eigenvalue weighted by Gasteiger charge is 2.18. The lowest BCUT2D eigenvalue weighted by atomic mass is 9.99. The molecule has 1 aliphatic heterocycles. The Hall–Kier alpha value is -2.11. The number of ether oxygens (including phenoxy) is 2. The quantitative estimate of drug-likeness (QED) is 0.880. The zero-order valence-corrected chi connectivity index (χ0v) is 13.8. The van der Waals surface area contributed by atoms with Crippen molar-refractivity contribution >= 4 is 0 Å². The number of nitrogens with zero attached hydrogens (tertiary/aromatic N) is 1. The molecular formula is C18H25N3O2. The van der Waals surface area contributed by atoms with E-state index in [-0.39, 0.29) is 12.2 Å². The summed E-state index contributed by atoms with van der Waals surface area (Å²) in [5.74, 6) is 2.24. The molecular weight excluding hydrogens is 290 g/mol. The second kappa shape index (κ2) is 7.44. The number of rotatable bonds is 5. The van der Waals surface area contributed by atoms with E-state index in [1.165, 1.54) is 5.56 Å². The maximum absolute atomic E-state index is 6.06. The van der Waals surface area contributed by atoms with E-state index in [1.54, 1.807) is 0 Å². The lowest BCUT2D eigenvalue weighted by Crippen LogP contribution is -2.29. The van der Waals surface area contributed by atoms with E-state index < -0.39 is 0 Å². The second-order valence-electron chi connectivity index (χ2n) is 6.18. The highest BCUT2D eigenvalue weighted by Crippen LogP contribution is 2.39. The SMILES string of the molecule is CC(C)C[C@@H](N)COc1ccc2c(c1)OCc1cnccc1-2.N. The van der Waals surface area contributed by atoms with E-state index in [1.807, 2.05) is 36.7 Å². The first-order valence-corrected chi connectivity index (χ1v) is 7.72. The van der Waals surface area contributed by atoms with Gasteiger partial charge in [-0.25, -0.2) is 0 Å². The van der Waals surface area contributed by atoms with Crippen molar-refractivity contribution in [3.8, 4) is 22.6 Å². The molecule has 23 heavy (non-hydrogen) atoms. The van der Waals surface area contributed by atoms with Gasteiger partial charge in [-0.15, -0.1) is 0 Å². The molecule has 0 bridgehead atoms. The maximum Gasteiger partial charge on any atom is 0.131 e. The molecule has 1 aromatic carbocycles. The van der Waals surface area contributed by atoms with Crippen molar-refractivity contribution in [3.63, 3.8) is 0 Å². The van der Waals surface area contributed by atoms with E-state index >= 15 is 0 Å². The van der Waals surface area contributed by atoms with Crippen LogP contribution >= 0.6 is 0 Å². The number of nitrogens with two attached hydrogens (primary N) is 1. The predicted octanol–water partition coefficient (Wildman–Crippen LogP) is 3.56. The van der Waals surface area contributed by atoms with Crippen molar-refractivity contribution in [3.05, 3.63) is 42.2 Å². The van der Waals surface area contributed by atoms with Gasteiger partial charge in [0, 0.05) is 35.6 Å². The Morgan fingerprint density at radius 1 is 1.26 bits per heavy atom. The minimum Gasteiger partial charge on any atom is -0.492 e. The Morgan fingerprint density at radius 3 is 2.87 bits per heavy atom. The highest BCUT2D eigenvalue weighted by molar-refractivity contribution is 5.75. The summed E-state index contributed by atoms with van der Waals surface area (Å²) in [5.41, 5.74) is 9.44. The average Bonchev–Trinajstić information content (AvgIpc) is 2.52. The molecule has 0 saturated carbocycles. The van der Waals surface area contributed by atoms with Crippen LogP contribution in [0.25, 0.3) is 11.1 Å². The first-order chi connectivity index (χ1) is 10.6. The Morgan fingerprint density at radius 2 is 2.09 bits per heavy atom. The molecule has 5 nitrogen and oxygen atoms in total. The summed E-state index contributed by atoms with van der Waals surface area (Å²) in [5, 5.41) is 0. The van der Waals surface area contributed by atoms with Crippen molar-refractivity contribution in [2.24, 2.45) is 11.7 Å². The molecule has 0 saturated heterocycles. The molecule has 124 valence electrons. The fourth-order valence-electron chi connectivity index (χ4n) is 2.77. The van der Waals surface area contributed by atoms with Crippen molar-refractivity contribution in [1.82, 2.24) is 11.1 Å². The van der Waals surface area contributed by atoms with Crippen LogP contribution in [-0.2, 0) is 6.61 Å². The Bertz CT molecular complexity index is 658. The molecule has 0 spiro atoms. The van der Waals surface area contributed by atoms with Crippen molar-refractivity contribution in [2.75, 3.05) is 6.61 Å². The van der Waals surface area contributed by atoms with E-state index in [2.05, 4.69) is 18.8 Å². The van der Waals surface area contributed by atoms with Gasteiger partial charge in [0.15, 0.2) is 0 Å². The molecule has 2 heterocycles. The van der Waals surface area contributed by atoms with Crippen LogP contribution in [-0.4, -0.2) is 17.6 Å². The van der Waals surface area contributed by atoms with Gasteiger partial charge >= 0.3 is 0 Å². The lowest BCUT2D eigenvalue weighted by molar-refractivity contribution is 0.265. The highest BCUT2D eigenvalue weighted by atomic mass is 16.5. The zero-order valence-electron chi connectivity index (χ0n) is 13.8. The minimum absolute atomic E-state index is 0. The summed E-state index contributed by atoms with van der Waals surface area (Å²) < 4.78 is 11.6. The van der Waals surface area contributed by atoms with Crippen LogP contribution in [0.3, 0.4) is 0 Å². The van der Waals surface area contributed by atoms with E-state index in [9.17, 15) is 0 Å². The molecule has 0 aliphatic carbocycles. The van der Waals surface area contributed by atoms with E-state index in [0.717, 1.165) is 29.0 Å². The largest absolute Gasteiger partial charge is 0.492 e. The van der Waals surface area contributed by atoms with Gasteiger partial charge in [-0.05, 0) is 36.1 Å². The van der Waals surface area contributed by atoms with Gasteiger partial charge < -0.3 is 21.4 Å². The summed E-state index contributed by atoms with van der Waals surface area (Å²) in [6, 6.07) is 8.04. The number of hydrogen-bond donors (Lipinski definition) is 2. The minimum atomic E-state index is 0. The Balaban J connectivity index is 0.00000192. The zero-order chi connectivity index (χ0) is 15.5. The van der Waals surface area contributed by atoms with Crippen LogP contribution < -0.4 is 21.4 Å². The van der Waals surface area contributed by atoms with Crippen LogP contribution in [0.4, 0.5) is 0 Å². The monoisotopic (exact) mass is 315 g/mol. The molecule has 1 atom stereocenters. The lowest BCUT2D eigenvalue weighted by Gasteiger charge is -2.21. The van der Waals surface area contributed by atoms with Crippen LogP contribution in [0.15, 0.2) is 36.7 Å². The number of fused-ring (bicyclic) bond motifs is 3. The molecule has 5 N–H and O–H groups in total. The molecule has 0 unspecified atom stereocenters. The third-order valence-corrected chi connectivity index (χ3v) is 3.77. The third-order valence-electron chi connectivity index (χ3n) is 3.77. The van der Waals surface area contributed by atoms with E-state index in [0.29, 0.717) is 19.1 Å². The third kappa shape index (κ3) is 4.00. The summed E-state index contributed by atoms with van der Waals surface area (Å²) >= 11 is 0. The average molecular weight is 315 g/mol. The Labute approximate surface area is 137 Å². The predicted molar refractivity (Wildman–Crippen MR) is 92.0 cm³/mol. The van der Waals surface area contributed by atoms with Crippen LogP contribution in [0.1, 0.15) is 25.8 Å². The normalized spacial score (nSPS) is 13.4. The van der Waals surface area contributed by atoms with Crippen LogP contribution in [0, 0.1) is 5.92 Å². The topological polar surface area (TPSA) is 92.4 Å². The van der Waals surface area contributed by atoms with Gasteiger partial charge in [-0.1, -0.05) is 13.8 Å².